The predicted molar refractivity (Wildman–Crippen MR) is 81.8 cm³/mol. The highest BCUT2D eigenvalue weighted by Gasteiger charge is 2.15. The number of ether oxygens (including phenoxy) is 2. The first-order chi connectivity index (χ1) is 10.6. The first-order valence-corrected chi connectivity index (χ1v) is 7.21. The maximum Gasteiger partial charge on any atom is 0.427 e. The molecule has 1 fully saturated rings. The van der Waals surface area contributed by atoms with Crippen LogP contribution in [0.5, 0.6) is 0 Å². The lowest BCUT2D eigenvalue weighted by Gasteiger charge is -2.29. The number of hydrogen-bond donors (Lipinski definition) is 1. The lowest BCUT2D eigenvalue weighted by molar-refractivity contribution is 0.122. The number of hydrazone groups is 1. The largest absolute Gasteiger partial charge is 0.449 e. The molecular weight excluding hydrogens is 289 g/mol. The average molecular weight is 309 g/mol. The highest BCUT2D eigenvalue weighted by Crippen LogP contribution is 2.21. The summed E-state index contributed by atoms with van der Waals surface area (Å²) in [5, 5.41) is 3.89. The van der Waals surface area contributed by atoms with E-state index in [0.29, 0.717) is 43.3 Å². The van der Waals surface area contributed by atoms with Crippen LogP contribution >= 0.6 is 0 Å². The third kappa shape index (κ3) is 4.17. The Kier molecular flexibility index (Phi) is 5.71. The number of benzene rings is 1. The van der Waals surface area contributed by atoms with E-state index in [1.54, 1.807) is 26.0 Å². The molecule has 1 aliphatic heterocycles. The molecule has 1 aromatic rings. The van der Waals surface area contributed by atoms with Crippen molar-refractivity contribution in [2.24, 2.45) is 5.10 Å². The summed E-state index contributed by atoms with van der Waals surface area (Å²) < 4.78 is 24.2. The van der Waals surface area contributed by atoms with Crippen LogP contribution in [0.4, 0.5) is 14.9 Å². The van der Waals surface area contributed by atoms with Crippen molar-refractivity contribution in [1.82, 2.24) is 5.43 Å². The second-order valence-electron chi connectivity index (χ2n) is 4.80. The molecule has 1 saturated heterocycles. The summed E-state index contributed by atoms with van der Waals surface area (Å²) in [5.74, 6) is -0.315. The van der Waals surface area contributed by atoms with Crippen LogP contribution in [0.1, 0.15) is 19.4 Å². The summed E-state index contributed by atoms with van der Waals surface area (Å²) in [6.07, 6.45) is -0.632. The number of nitrogens with one attached hydrogen (secondary N) is 1. The number of halogens is 1. The van der Waals surface area contributed by atoms with Gasteiger partial charge in [-0.3, -0.25) is 0 Å². The van der Waals surface area contributed by atoms with Crippen LogP contribution in [0.3, 0.4) is 0 Å². The molecule has 1 N–H and O–H groups in total. The zero-order valence-corrected chi connectivity index (χ0v) is 12.8. The lowest BCUT2D eigenvalue weighted by atomic mass is 10.1. The zero-order chi connectivity index (χ0) is 15.9. The molecule has 0 unspecified atom stereocenters. The topological polar surface area (TPSA) is 63.2 Å². The van der Waals surface area contributed by atoms with E-state index in [2.05, 4.69) is 10.5 Å². The van der Waals surface area contributed by atoms with Gasteiger partial charge in [0, 0.05) is 18.7 Å². The van der Waals surface area contributed by atoms with Crippen molar-refractivity contribution < 1.29 is 18.7 Å². The Balaban J connectivity index is 2.07. The van der Waals surface area contributed by atoms with Crippen LogP contribution in [-0.4, -0.2) is 44.7 Å². The van der Waals surface area contributed by atoms with Gasteiger partial charge in [-0.05, 0) is 26.0 Å². The minimum Gasteiger partial charge on any atom is -0.449 e. The fourth-order valence-corrected chi connectivity index (χ4v) is 2.15. The Hall–Kier alpha value is -2.15. The minimum absolute atomic E-state index is 0.267. The number of hydrogen-bond acceptors (Lipinski definition) is 5. The molecular formula is C15H20FN3O3. The van der Waals surface area contributed by atoms with Gasteiger partial charge >= 0.3 is 6.09 Å². The second kappa shape index (κ2) is 7.74. The van der Waals surface area contributed by atoms with E-state index in [4.69, 9.17) is 9.47 Å². The van der Waals surface area contributed by atoms with Gasteiger partial charge in [0.05, 0.1) is 31.2 Å². The highest BCUT2D eigenvalue weighted by atomic mass is 19.1. The van der Waals surface area contributed by atoms with Gasteiger partial charge in [-0.2, -0.15) is 5.10 Å². The van der Waals surface area contributed by atoms with Crippen molar-refractivity contribution in [3.8, 4) is 0 Å². The van der Waals surface area contributed by atoms with Crippen LogP contribution in [0, 0.1) is 5.82 Å². The number of rotatable bonds is 4. The Morgan fingerprint density at radius 1 is 1.45 bits per heavy atom. The molecule has 0 saturated carbocycles. The Morgan fingerprint density at radius 3 is 2.82 bits per heavy atom. The van der Waals surface area contributed by atoms with Gasteiger partial charge in [0.15, 0.2) is 0 Å². The maximum absolute atomic E-state index is 14.3. The van der Waals surface area contributed by atoms with Crippen molar-refractivity contribution in [2.45, 2.75) is 13.8 Å². The van der Waals surface area contributed by atoms with E-state index in [0.717, 1.165) is 0 Å². The molecule has 120 valence electrons. The number of carbonyl (C=O) groups is 1. The molecule has 0 aromatic heterocycles. The van der Waals surface area contributed by atoms with Crippen LogP contribution in [0.2, 0.25) is 0 Å². The first kappa shape index (κ1) is 16.2. The van der Waals surface area contributed by atoms with Gasteiger partial charge in [0.1, 0.15) is 5.82 Å². The molecule has 6 nitrogen and oxygen atoms in total. The van der Waals surface area contributed by atoms with E-state index in [9.17, 15) is 9.18 Å². The minimum atomic E-state index is -0.632. The van der Waals surface area contributed by atoms with E-state index < -0.39 is 6.09 Å². The van der Waals surface area contributed by atoms with Gasteiger partial charge in [0.2, 0.25) is 0 Å². The third-order valence-corrected chi connectivity index (χ3v) is 3.31. The quantitative estimate of drug-likeness (QED) is 0.683. The smallest absolute Gasteiger partial charge is 0.427 e. The van der Waals surface area contributed by atoms with Crippen molar-refractivity contribution in [3.05, 3.63) is 29.6 Å². The number of morpholine rings is 1. The molecule has 0 aliphatic carbocycles. The third-order valence-electron chi connectivity index (χ3n) is 3.31. The van der Waals surface area contributed by atoms with Crippen molar-refractivity contribution in [3.63, 3.8) is 0 Å². The molecule has 1 heterocycles. The standard InChI is InChI=1S/C15H20FN3O3/c1-3-22-15(20)18-17-11(2)12-4-5-14(13(16)10-12)19-6-8-21-9-7-19/h4-5,10H,3,6-9H2,1-2H3,(H,18,20)/b17-11-. The molecule has 1 aliphatic rings. The average Bonchev–Trinajstić information content (AvgIpc) is 2.53. The Morgan fingerprint density at radius 2 is 2.18 bits per heavy atom. The van der Waals surface area contributed by atoms with Gasteiger partial charge in [-0.25, -0.2) is 14.6 Å². The van der Waals surface area contributed by atoms with Gasteiger partial charge < -0.3 is 14.4 Å². The molecule has 22 heavy (non-hydrogen) atoms. The van der Waals surface area contributed by atoms with Crippen molar-refractivity contribution in [2.75, 3.05) is 37.8 Å². The van der Waals surface area contributed by atoms with Crippen molar-refractivity contribution in [1.29, 1.82) is 0 Å². The molecule has 0 bridgehead atoms. The summed E-state index contributed by atoms with van der Waals surface area (Å²) in [5.41, 5.74) is 3.91. The summed E-state index contributed by atoms with van der Waals surface area (Å²) in [6.45, 7) is 6.21. The fourth-order valence-electron chi connectivity index (χ4n) is 2.15. The first-order valence-electron chi connectivity index (χ1n) is 7.21. The monoisotopic (exact) mass is 309 g/mol. The van der Waals surface area contributed by atoms with Crippen LogP contribution in [-0.2, 0) is 9.47 Å². The number of carbonyl (C=O) groups excluding carboxylic acids is 1. The molecule has 1 amide bonds. The summed E-state index contributed by atoms with van der Waals surface area (Å²) >= 11 is 0. The lowest BCUT2D eigenvalue weighted by Crippen LogP contribution is -2.36. The van der Waals surface area contributed by atoms with Gasteiger partial charge in [-0.1, -0.05) is 6.07 Å². The van der Waals surface area contributed by atoms with Crippen LogP contribution in [0.15, 0.2) is 23.3 Å². The molecule has 7 heteroatoms. The summed E-state index contributed by atoms with van der Waals surface area (Å²) in [6, 6.07) is 4.91. The summed E-state index contributed by atoms with van der Waals surface area (Å²) in [4.78, 5) is 13.1. The number of anilines is 1. The molecule has 0 spiro atoms. The Labute approximate surface area is 128 Å². The molecule has 1 aromatic carbocycles. The van der Waals surface area contributed by atoms with E-state index >= 15 is 0 Å². The zero-order valence-electron chi connectivity index (χ0n) is 12.8. The normalized spacial score (nSPS) is 15.6. The maximum atomic E-state index is 14.3. The van der Waals surface area contributed by atoms with E-state index in [1.165, 1.54) is 6.07 Å². The fraction of sp³-hybridized carbons (Fsp3) is 0.467. The van der Waals surface area contributed by atoms with Crippen LogP contribution in [0.25, 0.3) is 0 Å². The van der Waals surface area contributed by atoms with Gasteiger partial charge in [-0.15, -0.1) is 0 Å². The number of nitrogens with zero attached hydrogens (tertiary/aromatic N) is 2. The van der Waals surface area contributed by atoms with E-state index in [1.807, 2.05) is 4.90 Å². The molecule has 2 rings (SSSR count). The van der Waals surface area contributed by atoms with E-state index in [-0.39, 0.29) is 12.4 Å². The summed E-state index contributed by atoms with van der Waals surface area (Å²) in [7, 11) is 0. The van der Waals surface area contributed by atoms with Crippen molar-refractivity contribution >= 4 is 17.5 Å². The molecule has 0 atom stereocenters. The van der Waals surface area contributed by atoms with Crippen LogP contribution < -0.4 is 10.3 Å². The Bertz CT molecular complexity index is 557. The second-order valence-corrected chi connectivity index (χ2v) is 4.80. The number of amides is 1. The highest BCUT2D eigenvalue weighted by molar-refractivity contribution is 5.99. The predicted octanol–water partition coefficient (Wildman–Crippen LogP) is 2.13. The van der Waals surface area contributed by atoms with Gasteiger partial charge in [0.25, 0.3) is 0 Å². The molecule has 0 radical (unpaired) electrons. The SMILES string of the molecule is CCOC(=O)N/N=C(/C)c1ccc(N2CCOCC2)c(F)c1.